The van der Waals surface area contributed by atoms with Crippen molar-refractivity contribution in [1.82, 2.24) is 4.98 Å². The van der Waals surface area contributed by atoms with E-state index in [9.17, 15) is 8.78 Å². The molecule has 0 bridgehead atoms. The fourth-order valence-corrected chi connectivity index (χ4v) is 2.40. The van der Waals surface area contributed by atoms with E-state index in [1.54, 1.807) is 6.07 Å². The molecule has 0 unspecified atom stereocenters. The molecule has 1 aromatic heterocycles. The molecule has 1 fully saturated rings. The van der Waals surface area contributed by atoms with E-state index >= 15 is 0 Å². The number of para-hydroxylation sites is 1. The van der Waals surface area contributed by atoms with Crippen LogP contribution in [0.25, 0.3) is 10.9 Å². The summed E-state index contributed by atoms with van der Waals surface area (Å²) in [5, 5.41) is 0.992. The van der Waals surface area contributed by atoms with Gasteiger partial charge in [0.1, 0.15) is 0 Å². The average molecular weight is 234 g/mol. The number of benzene rings is 1. The largest absolute Gasteiger partial charge is 0.320 e. The molecule has 88 valence electrons. The highest BCUT2D eigenvalue weighted by atomic mass is 19.3. The first kappa shape index (κ1) is 10.6. The highest BCUT2D eigenvalue weighted by Crippen LogP contribution is 2.49. The van der Waals surface area contributed by atoms with Gasteiger partial charge >= 0.3 is 0 Å². The molecule has 0 saturated heterocycles. The highest BCUT2D eigenvalue weighted by molar-refractivity contribution is 5.78. The summed E-state index contributed by atoms with van der Waals surface area (Å²) >= 11 is 0. The first-order valence-corrected chi connectivity index (χ1v) is 5.52. The van der Waals surface area contributed by atoms with E-state index in [0.717, 1.165) is 10.9 Å². The van der Waals surface area contributed by atoms with Crippen LogP contribution in [-0.4, -0.2) is 10.9 Å². The number of pyridine rings is 1. The van der Waals surface area contributed by atoms with Crippen molar-refractivity contribution >= 4 is 10.9 Å². The second-order valence-corrected chi connectivity index (χ2v) is 4.75. The molecule has 4 heteroatoms. The molecule has 0 amide bonds. The first-order chi connectivity index (χ1) is 7.99. The molecule has 2 N–H and O–H groups in total. The van der Waals surface area contributed by atoms with Crippen LogP contribution in [0.1, 0.15) is 18.5 Å². The molecular weight excluding hydrogens is 222 g/mol. The van der Waals surface area contributed by atoms with Gasteiger partial charge in [0.05, 0.1) is 16.7 Å². The molecule has 1 aromatic carbocycles. The van der Waals surface area contributed by atoms with Crippen molar-refractivity contribution in [1.29, 1.82) is 0 Å². The van der Waals surface area contributed by atoms with Gasteiger partial charge in [-0.25, -0.2) is 8.78 Å². The predicted octanol–water partition coefficient (Wildman–Crippen LogP) is 2.82. The first-order valence-electron chi connectivity index (χ1n) is 5.52. The maximum Gasteiger partial charge on any atom is 0.252 e. The maximum absolute atomic E-state index is 12.9. The molecule has 17 heavy (non-hydrogen) atoms. The van der Waals surface area contributed by atoms with Crippen molar-refractivity contribution < 1.29 is 8.78 Å². The number of nitrogens with two attached hydrogens (primary N) is 1. The van der Waals surface area contributed by atoms with Gasteiger partial charge in [-0.2, -0.15) is 0 Å². The lowest BCUT2D eigenvalue weighted by molar-refractivity contribution is -0.126. The predicted molar refractivity (Wildman–Crippen MR) is 61.8 cm³/mol. The summed E-state index contributed by atoms with van der Waals surface area (Å²) in [6.07, 6.45) is -0.628. The zero-order valence-electron chi connectivity index (χ0n) is 9.16. The second-order valence-electron chi connectivity index (χ2n) is 4.75. The van der Waals surface area contributed by atoms with E-state index in [0.29, 0.717) is 5.69 Å². The van der Waals surface area contributed by atoms with Crippen LogP contribution in [0.5, 0.6) is 0 Å². The number of aromatic nitrogens is 1. The maximum atomic E-state index is 12.9. The molecule has 0 spiro atoms. The van der Waals surface area contributed by atoms with E-state index in [1.165, 1.54) is 0 Å². The number of alkyl halides is 2. The third-order valence-corrected chi connectivity index (χ3v) is 3.26. The zero-order valence-corrected chi connectivity index (χ0v) is 9.16. The molecule has 1 aliphatic carbocycles. The Morgan fingerprint density at radius 3 is 2.47 bits per heavy atom. The van der Waals surface area contributed by atoms with E-state index in [4.69, 9.17) is 5.73 Å². The number of hydrogen-bond donors (Lipinski definition) is 1. The van der Waals surface area contributed by atoms with E-state index in [1.807, 2.05) is 30.3 Å². The number of rotatable bonds is 1. The lowest BCUT2D eigenvalue weighted by Crippen LogP contribution is -2.55. The quantitative estimate of drug-likeness (QED) is 0.824. The summed E-state index contributed by atoms with van der Waals surface area (Å²) < 4.78 is 25.9. The summed E-state index contributed by atoms with van der Waals surface area (Å²) in [6.45, 7) is 0. The van der Waals surface area contributed by atoms with Crippen molar-refractivity contribution in [2.75, 3.05) is 0 Å². The van der Waals surface area contributed by atoms with Crippen LogP contribution in [0.3, 0.4) is 0 Å². The Hall–Kier alpha value is -1.55. The molecule has 1 saturated carbocycles. The summed E-state index contributed by atoms with van der Waals surface area (Å²) in [6, 6.07) is 11.2. The molecule has 0 radical (unpaired) electrons. The second kappa shape index (κ2) is 3.23. The topological polar surface area (TPSA) is 38.9 Å². The number of halogens is 2. The molecule has 0 aliphatic heterocycles. The summed E-state index contributed by atoms with van der Waals surface area (Å²) in [7, 11) is 0. The van der Waals surface area contributed by atoms with Crippen LogP contribution in [-0.2, 0) is 5.54 Å². The van der Waals surface area contributed by atoms with E-state index < -0.39 is 11.5 Å². The fraction of sp³-hybridized carbons (Fsp3) is 0.308. The van der Waals surface area contributed by atoms with Crippen LogP contribution in [0.4, 0.5) is 8.78 Å². The van der Waals surface area contributed by atoms with Crippen LogP contribution in [0, 0.1) is 0 Å². The van der Waals surface area contributed by atoms with Gasteiger partial charge in [0.25, 0.3) is 5.92 Å². The van der Waals surface area contributed by atoms with Gasteiger partial charge in [0, 0.05) is 18.2 Å². The summed E-state index contributed by atoms with van der Waals surface area (Å²) in [4.78, 5) is 4.38. The van der Waals surface area contributed by atoms with Crippen LogP contribution >= 0.6 is 0 Å². The normalized spacial score (nSPS) is 21.1. The SMILES string of the molecule is NC1(c2ccc3ccccc3n2)CC(F)(F)C1. The van der Waals surface area contributed by atoms with Gasteiger partial charge in [-0.05, 0) is 12.1 Å². The fourth-order valence-electron chi connectivity index (χ4n) is 2.40. The Morgan fingerprint density at radius 1 is 1.06 bits per heavy atom. The molecular formula is C13H12F2N2. The summed E-state index contributed by atoms with van der Waals surface area (Å²) in [5.41, 5.74) is 6.34. The van der Waals surface area contributed by atoms with Crippen molar-refractivity contribution in [3.05, 3.63) is 42.1 Å². The molecule has 1 aliphatic rings. The van der Waals surface area contributed by atoms with Crippen molar-refractivity contribution in [3.8, 4) is 0 Å². The molecule has 1 heterocycles. The Balaban J connectivity index is 2.02. The van der Waals surface area contributed by atoms with Gasteiger partial charge in [-0.3, -0.25) is 4.98 Å². The van der Waals surface area contributed by atoms with E-state index in [2.05, 4.69) is 4.98 Å². The highest BCUT2D eigenvalue weighted by Gasteiger charge is 2.56. The smallest absolute Gasteiger partial charge is 0.252 e. The minimum Gasteiger partial charge on any atom is -0.320 e. The third-order valence-electron chi connectivity index (χ3n) is 3.26. The van der Waals surface area contributed by atoms with Crippen molar-refractivity contribution in [3.63, 3.8) is 0 Å². The standard InChI is InChI=1S/C13H12F2N2/c14-13(15)7-12(16,8-13)11-6-5-9-3-1-2-4-10(9)17-11/h1-6H,7-8,16H2. The van der Waals surface area contributed by atoms with Gasteiger partial charge in [-0.15, -0.1) is 0 Å². The number of hydrogen-bond acceptors (Lipinski definition) is 2. The molecule has 3 rings (SSSR count). The Morgan fingerprint density at radius 2 is 1.76 bits per heavy atom. The third kappa shape index (κ3) is 1.69. The lowest BCUT2D eigenvalue weighted by atomic mass is 9.72. The van der Waals surface area contributed by atoms with Gasteiger partial charge in [-0.1, -0.05) is 24.3 Å². The van der Waals surface area contributed by atoms with Gasteiger partial charge < -0.3 is 5.73 Å². The van der Waals surface area contributed by atoms with Crippen LogP contribution in [0.15, 0.2) is 36.4 Å². The minimum atomic E-state index is -2.64. The molecule has 0 atom stereocenters. The summed E-state index contributed by atoms with van der Waals surface area (Å²) in [5.74, 6) is -2.64. The Labute approximate surface area is 97.5 Å². The van der Waals surface area contributed by atoms with Gasteiger partial charge in [0.15, 0.2) is 0 Å². The van der Waals surface area contributed by atoms with Crippen LogP contribution in [0.2, 0.25) is 0 Å². The zero-order chi connectivity index (χ0) is 12.1. The van der Waals surface area contributed by atoms with Crippen LogP contribution < -0.4 is 5.73 Å². The van der Waals surface area contributed by atoms with Crippen molar-refractivity contribution in [2.45, 2.75) is 24.3 Å². The van der Waals surface area contributed by atoms with Crippen molar-refractivity contribution in [2.24, 2.45) is 5.73 Å². The number of fused-ring (bicyclic) bond motifs is 1. The average Bonchev–Trinajstić information content (AvgIpc) is 2.25. The minimum absolute atomic E-state index is 0.314. The molecule has 2 aromatic rings. The Bertz CT molecular complexity index is 572. The number of nitrogens with zero attached hydrogens (tertiary/aromatic N) is 1. The monoisotopic (exact) mass is 234 g/mol. The lowest BCUT2D eigenvalue weighted by Gasteiger charge is -2.43. The Kier molecular flexibility index (Phi) is 2.01. The van der Waals surface area contributed by atoms with Gasteiger partial charge in [0.2, 0.25) is 0 Å². The molecule has 2 nitrogen and oxygen atoms in total. The van der Waals surface area contributed by atoms with E-state index in [-0.39, 0.29) is 12.8 Å².